The number of nitriles is 1. The molecule has 0 atom stereocenters. The average Bonchev–Trinajstić information content (AvgIpc) is 3.19. The maximum Gasteiger partial charge on any atom is 0.270 e. The number of amides is 1. The van der Waals surface area contributed by atoms with Crippen molar-refractivity contribution in [2.24, 2.45) is 5.41 Å². The third-order valence-corrected chi connectivity index (χ3v) is 4.99. The summed E-state index contributed by atoms with van der Waals surface area (Å²) in [6.45, 7) is 5.22. The fraction of sp³-hybridized carbons (Fsp3) is 0.261. The molecule has 9 heteroatoms. The van der Waals surface area contributed by atoms with E-state index in [0.717, 1.165) is 11.2 Å². The molecule has 2 N–H and O–H groups in total. The summed E-state index contributed by atoms with van der Waals surface area (Å²) in [7, 11) is 0. The van der Waals surface area contributed by atoms with Crippen molar-refractivity contribution in [3.05, 3.63) is 82.3 Å². The van der Waals surface area contributed by atoms with Crippen molar-refractivity contribution >= 4 is 17.2 Å². The van der Waals surface area contributed by atoms with E-state index < -0.39 is 11.3 Å². The number of carbonyl (C=O) groups excluding carboxylic acids is 1. The first-order chi connectivity index (χ1) is 15.3. The number of hydrogen-bond acceptors (Lipinski definition) is 6. The predicted octanol–water partition coefficient (Wildman–Crippen LogP) is 1.91. The van der Waals surface area contributed by atoms with Crippen LogP contribution in [0.4, 0.5) is 0 Å². The van der Waals surface area contributed by atoms with Crippen LogP contribution in [0.3, 0.4) is 0 Å². The molecule has 1 amide bonds. The first-order valence-corrected chi connectivity index (χ1v) is 10.2. The topological polar surface area (TPSA) is 117 Å². The Kier molecular flexibility index (Phi) is 5.71. The molecule has 0 bridgehead atoms. The van der Waals surface area contributed by atoms with Gasteiger partial charge in [-0.05, 0) is 37.6 Å². The molecule has 32 heavy (non-hydrogen) atoms. The summed E-state index contributed by atoms with van der Waals surface area (Å²) in [5.74, 6) is -0.435. The van der Waals surface area contributed by atoms with Crippen molar-refractivity contribution in [1.29, 1.82) is 5.26 Å². The van der Waals surface area contributed by atoms with E-state index in [4.69, 9.17) is 5.26 Å². The maximum atomic E-state index is 12.5. The van der Waals surface area contributed by atoms with Gasteiger partial charge in [0, 0.05) is 37.7 Å². The lowest BCUT2D eigenvalue weighted by Gasteiger charge is -2.15. The standard InChI is InChI=1S/C23H23N7O2/c1-23(2,14-24)15-25-10-16-6-7-19-27-17(13-29(19)12-16)11-26-22(32)18-9-21(31)30-8-4-3-5-20(30)28-18/h3-9,12-13,25H,10-11,15H2,1-2H3,(H,26,32). The van der Waals surface area contributed by atoms with E-state index in [9.17, 15) is 9.59 Å². The summed E-state index contributed by atoms with van der Waals surface area (Å²) in [4.78, 5) is 33.5. The van der Waals surface area contributed by atoms with Gasteiger partial charge in [0.1, 0.15) is 17.0 Å². The molecule has 0 radical (unpaired) electrons. The summed E-state index contributed by atoms with van der Waals surface area (Å²) in [6, 6.07) is 12.5. The molecule has 0 aromatic carbocycles. The van der Waals surface area contributed by atoms with E-state index >= 15 is 0 Å². The van der Waals surface area contributed by atoms with Crippen LogP contribution in [-0.4, -0.2) is 31.2 Å². The molecular formula is C23H23N7O2. The number of carbonyl (C=O) groups is 1. The maximum absolute atomic E-state index is 12.5. The van der Waals surface area contributed by atoms with E-state index in [2.05, 4.69) is 26.7 Å². The van der Waals surface area contributed by atoms with Gasteiger partial charge in [0.2, 0.25) is 0 Å². The van der Waals surface area contributed by atoms with E-state index in [1.807, 2.05) is 42.8 Å². The van der Waals surface area contributed by atoms with E-state index in [-0.39, 0.29) is 17.8 Å². The lowest BCUT2D eigenvalue weighted by Crippen LogP contribution is -2.27. The lowest BCUT2D eigenvalue weighted by atomic mass is 9.96. The molecule has 4 aromatic rings. The highest BCUT2D eigenvalue weighted by Gasteiger charge is 2.15. The van der Waals surface area contributed by atoms with Crippen molar-refractivity contribution in [1.82, 2.24) is 29.4 Å². The van der Waals surface area contributed by atoms with Gasteiger partial charge in [-0.3, -0.25) is 14.0 Å². The minimum absolute atomic E-state index is 0.0682. The lowest BCUT2D eigenvalue weighted by molar-refractivity contribution is 0.0945. The molecule has 0 spiro atoms. The summed E-state index contributed by atoms with van der Waals surface area (Å²) < 4.78 is 3.28. The van der Waals surface area contributed by atoms with Crippen LogP contribution in [0, 0.1) is 16.7 Å². The Morgan fingerprint density at radius 1 is 1.12 bits per heavy atom. The average molecular weight is 429 g/mol. The van der Waals surface area contributed by atoms with Gasteiger partial charge in [0.25, 0.3) is 11.5 Å². The van der Waals surface area contributed by atoms with Gasteiger partial charge < -0.3 is 15.0 Å². The molecule has 0 unspecified atom stereocenters. The Morgan fingerprint density at radius 2 is 1.97 bits per heavy atom. The molecule has 0 aliphatic heterocycles. The first-order valence-electron chi connectivity index (χ1n) is 10.2. The summed E-state index contributed by atoms with van der Waals surface area (Å²) in [5.41, 5.74) is 2.25. The summed E-state index contributed by atoms with van der Waals surface area (Å²) >= 11 is 0. The largest absolute Gasteiger partial charge is 0.345 e. The molecule has 0 saturated heterocycles. The van der Waals surface area contributed by atoms with Crippen molar-refractivity contribution < 1.29 is 4.79 Å². The van der Waals surface area contributed by atoms with Crippen LogP contribution in [0.25, 0.3) is 11.3 Å². The number of rotatable bonds is 7. The normalized spacial score (nSPS) is 11.5. The van der Waals surface area contributed by atoms with Crippen molar-refractivity contribution in [3.8, 4) is 6.07 Å². The quantitative estimate of drug-likeness (QED) is 0.464. The number of fused-ring (bicyclic) bond motifs is 2. The van der Waals surface area contributed by atoms with E-state index in [0.29, 0.717) is 24.4 Å². The van der Waals surface area contributed by atoms with Gasteiger partial charge in [0.15, 0.2) is 0 Å². The zero-order valence-electron chi connectivity index (χ0n) is 17.9. The van der Waals surface area contributed by atoms with Gasteiger partial charge in [-0.2, -0.15) is 5.26 Å². The zero-order chi connectivity index (χ0) is 22.7. The molecule has 0 saturated carbocycles. The minimum atomic E-state index is -0.435. The third-order valence-electron chi connectivity index (χ3n) is 4.99. The van der Waals surface area contributed by atoms with Gasteiger partial charge in [-0.1, -0.05) is 12.1 Å². The van der Waals surface area contributed by atoms with Crippen molar-refractivity contribution in [3.63, 3.8) is 0 Å². The highest BCUT2D eigenvalue weighted by Crippen LogP contribution is 2.12. The van der Waals surface area contributed by atoms with E-state index in [1.165, 1.54) is 10.5 Å². The number of aromatic nitrogens is 4. The van der Waals surface area contributed by atoms with Gasteiger partial charge in [-0.25, -0.2) is 9.97 Å². The van der Waals surface area contributed by atoms with E-state index in [1.54, 1.807) is 24.4 Å². The Morgan fingerprint density at radius 3 is 2.78 bits per heavy atom. The second-order valence-electron chi connectivity index (χ2n) is 8.23. The van der Waals surface area contributed by atoms with Crippen LogP contribution in [-0.2, 0) is 13.1 Å². The van der Waals surface area contributed by atoms with Gasteiger partial charge in [0.05, 0.1) is 23.7 Å². The molecule has 4 rings (SSSR count). The minimum Gasteiger partial charge on any atom is -0.345 e. The molecule has 0 aliphatic carbocycles. The molecule has 0 aliphatic rings. The Bertz CT molecular complexity index is 1400. The smallest absolute Gasteiger partial charge is 0.270 e. The predicted molar refractivity (Wildman–Crippen MR) is 119 cm³/mol. The fourth-order valence-electron chi connectivity index (χ4n) is 3.27. The molecule has 0 fully saturated rings. The second kappa shape index (κ2) is 8.61. The molecule has 162 valence electrons. The van der Waals surface area contributed by atoms with Crippen LogP contribution < -0.4 is 16.2 Å². The number of nitrogens with one attached hydrogen (secondary N) is 2. The second-order valence-corrected chi connectivity index (χ2v) is 8.23. The highest BCUT2D eigenvalue weighted by molar-refractivity contribution is 5.92. The van der Waals surface area contributed by atoms with Crippen molar-refractivity contribution in [2.75, 3.05) is 6.54 Å². The number of imidazole rings is 1. The monoisotopic (exact) mass is 429 g/mol. The fourth-order valence-corrected chi connectivity index (χ4v) is 3.27. The van der Waals surface area contributed by atoms with Crippen LogP contribution >= 0.6 is 0 Å². The number of nitrogens with zero attached hydrogens (tertiary/aromatic N) is 5. The SMILES string of the molecule is CC(C)(C#N)CNCc1ccc2nc(CNC(=O)c3cc(=O)n4ccccc4n3)cn2c1. The molecule has 4 aromatic heterocycles. The summed E-state index contributed by atoms with van der Waals surface area (Å²) in [6.07, 6.45) is 5.42. The van der Waals surface area contributed by atoms with Gasteiger partial charge in [-0.15, -0.1) is 0 Å². The van der Waals surface area contributed by atoms with Crippen LogP contribution in [0.5, 0.6) is 0 Å². The number of pyridine rings is 2. The zero-order valence-corrected chi connectivity index (χ0v) is 17.9. The first kappa shape index (κ1) is 21.2. The molecule has 4 heterocycles. The Labute approximate surface area is 184 Å². The highest BCUT2D eigenvalue weighted by atomic mass is 16.2. The Hall–Kier alpha value is -4.03. The van der Waals surface area contributed by atoms with Crippen molar-refractivity contribution in [2.45, 2.75) is 26.9 Å². The van der Waals surface area contributed by atoms with Crippen LogP contribution in [0.15, 0.2) is 59.8 Å². The Balaban J connectivity index is 1.42. The summed E-state index contributed by atoms with van der Waals surface area (Å²) in [5, 5.41) is 15.2. The van der Waals surface area contributed by atoms with Crippen LogP contribution in [0.2, 0.25) is 0 Å². The third kappa shape index (κ3) is 4.66. The van der Waals surface area contributed by atoms with Crippen LogP contribution in [0.1, 0.15) is 35.6 Å². The number of hydrogen-bond donors (Lipinski definition) is 2. The van der Waals surface area contributed by atoms with Gasteiger partial charge >= 0.3 is 0 Å². The molecular weight excluding hydrogens is 406 g/mol. The molecule has 9 nitrogen and oxygen atoms in total.